The van der Waals surface area contributed by atoms with Crippen molar-refractivity contribution in [3.05, 3.63) is 22.0 Å². The number of anilines is 2. The molecule has 146 valence electrons. The SMILES string of the molecule is C=C1Sc2c(nc(NC(C)=O)[nH]c2=O)N1[C@@H]1O[C@H](CC)[C@@H](C)[C@H]1OC(C)=O. The number of esters is 1. The van der Waals surface area contributed by atoms with E-state index in [1.165, 1.54) is 13.8 Å². The van der Waals surface area contributed by atoms with Gasteiger partial charge >= 0.3 is 5.97 Å². The number of carbonyl (C=O) groups is 2. The molecule has 0 saturated carbocycles. The molecule has 2 aliphatic rings. The molecule has 9 nitrogen and oxygen atoms in total. The summed E-state index contributed by atoms with van der Waals surface area (Å²) < 4.78 is 11.7. The van der Waals surface area contributed by atoms with Crippen molar-refractivity contribution in [3.8, 4) is 0 Å². The lowest BCUT2D eigenvalue weighted by Gasteiger charge is -2.30. The van der Waals surface area contributed by atoms with Crippen LogP contribution in [0.4, 0.5) is 11.8 Å². The normalized spacial score (nSPS) is 26.8. The topological polar surface area (TPSA) is 114 Å². The highest BCUT2D eigenvalue weighted by Gasteiger charge is 2.49. The first-order valence-electron chi connectivity index (χ1n) is 8.63. The molecule has 27 heavy (non-hydrogen) atoms. The lowest BCUT2D eigenvalue weighted by Crippen LogP contribution is -2.43. The largest absolute Gasteiger partial charge is 0.457 e. The van der Waals surface area contributed by atoms with Gasteiger partial charge in [0, 0.05) is 19.8 Å². The van der Waals surface area contributed by atoms with Crippen molar-refractivity contribution in [2.24, 2.45) is 5.92 Å². The van der Waals surface area contributed by atoms with Gasteiger partial charge in [0.25, 0.3) is 5.56 Å². The van der Waals surface area contributed by atoms with Crippen LogP contribution < -0.4 is 15.8 Å². The van der Waals surface area contributed by atoms with Crippen LogP contribution in [-0.2, 0) is 19.1 Å². The predicted octanol–water partition coefficient (Wildman–Crippen LogP) is 1.81. The van der Waals surface area contributed by atoms with Gasteiger partial charge in [0.1, 0.15) is 4.90 Å². The van der Waals surface area contributed by atoms with Crippen LogP contribution >= 0.6 is 11.8 Å². The van der Waals surface area contributed by atoms with Gasteiger partial charge in [-0.3, -0.25) is 29.6 Å². The van der Waals surface area contributed by atoms with Crippen molar-refractivity contribution < 1.29 is 19.1 Å². The number of nitrogens with zero attached hydrogens (tertiary/aromatic N) is 2. The zero-order valence-corrected chi connectivity index (χ0v) is 16.4. The van der Waals surface area contributed by atoms with Crippen LogP contribution in [0.15, 0.2) is 21.3 Å². The van der Waals surface area contributed by atoms with Crippen LogP contribution in [0, 0.1) is 5.92 Å². The van der Waals surface area contributed by atoms with E-state index < -0.39 is 18.3 Å². The number of carbonyl (C=O) groups excluding carboxylic acids is 2. The number of nitrogens with one attached hydrogen (secondary N) is 2. The second kappa shape index (κ2) is 7.35. The molecule has 2 aliphatic heterocycles. The van der Waals surface area contributed by atoms with Crippen LogP contribution in [-0.4, -0.2) is 40.3 Å². The minimum Gasteiger partial charge on any atom is -0.457 e. The summed E-state index contributed by atoms with van der Waals surface area (Å²) in [6, 6.07) is 0. The number of aromatic nitrogens is 2. The third-order valence-electron chi connectivity index (χ3n) is 4.53. The Bertz CT molecular complexity index is 854. The Morgan fingerprint density at radius 3 is 2.74 bits per heavy atom. The molecule has 0 aliphatic carbocycles. The van der Waals surface area contributed by atoms with Crippen LogP contribution in [0.3, 0.4) is 0 Å². The van der Waals surface area contributed by atoms with Crippen molar-refractivity contribution >= 4 is 35.4 Å². The number of rotatable bonds is 4. The molecule has 2 N–H and O–H groups in total. The van der Waals surface area contributed by atoms with Gasteiger partial charge < -0.3 is 9.47 Å². The molecule has 1 saturated heterocycles. The van der Waals surface area contributed by atoms with Crippen LogP contribution in [0.2, 0.25) is 0 Å². The van der Waals surface area contributed by atoms with Crippen molar-refractivity contribution in [1.82, 2.24) is 9.97 Å². The summed E-state index contributed by atoms with van der Waals surface area (Å²) in [7, 11) is 0. The molecule has 3 heterocycles. The van der Waals surface area contributed by atoms with Crippen molar-refractivity contribution in [2.75, 3.05) is 10.2 Å². The summed E-state index contributed by atoms with van der Waals surface area (Å²) in [5, 5.41) is 3.01. The average Bonchev–Trinajstić information content (AvgIpc) is 3.04. The maximum Gasteiger partial charge on any atom is 0.303 e. The van der Waals surface area contributed by atoms with Gasteiger partial charge in [-0.25, -0.2) is 0 Å². The summed E-state index contributed by atoms with van der Waals surface area (Å²) in [5.41, 5.74) is -0.389. The summed E-state index contributed by atoms with van der Waals surface area (Å²) >= 11 is 1.16. The Morgan fingerprint density at radius 1 is 1.44 bits per heavy atom. The van der Waals surface area contributed by atoms with E-state index in [-0.39, 0.29) is 29.4 Å². The summed E-state index contributed by atoms with van der Waals surface area (Å²) in [5.74, 6) is -0.448. The van der Waals surface area contributed by atoms with Gasteiger partial charge in [0.05, 0.1) is 11.1 Å². The van der Waals surface area contributed by atoms with Crippen molar-refractivity contribution in [3.63, 3.8) is 0 Å². The third kappa shape index (κ3) is 3.59. The number of hydrogen-bond acceptors (Lipinski definition) is 8. The maximum absolute atomic E-state index is 12.4. The first-order chi connectivity index (χ1) is 12.7. The van der Waals surface area contributed by atoms with E-state index in [0.717, 1.165) is 18.2 Å². The van der Waals surface area contributed by atoms with Crippen molar-refractivity contribution in [1.29, 1.82) is 0 Å². The van der Waals surface area contributed by atoms with E-state index >= 15 is 0 Å². The Hall–Kier alpha value is -2.33. The molecule has 0 spiro atoms. The predicted molar refractivity (Wildman–Crippen MR) is 100 cm³/mol. The summed E-state index contributed by atoms with van der Waals surface area (Å²) in [4.78, 5) is 44.3. The Morgan fingerprint density at radius 2 is 2.15 bits per heavy atom. The van der Waals surface area contributed by atoms with Gasteiger partial charge in [0.15, 0.2) is 18.1 Å². The van der Waals surface area contributed by atoms with Crippen molar-refractivity contribution in [2.45, 2.75) is 57.4 Å². The molecule has 10 heteroatoms. The molecule has 4 atom stereocenters. The van der Waals surface area contributed by atoms with E-state index in [0.29, 0.717) is 15.7 Å². The highest BCUT2D eigenvalue weighted by atomic mass is 32.2. The minimum atomic E-state index is -0.658. The first-order valence-corrected chi connectivity index (χ1v) is 9.45. The zero-order valence-electron chi connectivity index (χ0n) is 15.6. The molecular formula is C17H22N4O5S. The van der Waals surface area contributed by atoms with E-state index in [4.69, 9.17) is 9.47 Å². The van der Waals surface area contributed by atoms with E-state index in [1.807, 2.05) is 13.8 Å². The number of thioether (sulfide) groups is 1. The molecule has 1 amide bonds. The minimum absolute atomic E-state index is 0.0358. The van der Waals surface area contributed by atoms with E-state index in [2.05, 4.69) is 21.9 Å². The molecule has 0 radical (unpaired) electrons. The van der Waals surface area contributed by atoms with E-state index in [1.54, 1.807) is 4.90 Å². The second-order valence-corrected chi connectivity index (χ2v) is 7.60. The standard InChI is InChI=1S/C17H22N4O5S/c1-6-11-7(2)12(25-10(5)23)16(26-11)21-9(4)27-13-14(21)19-17(18-8(3)22)20-15(13)24/h7,11-12,16H,4,6H2,1-3,5H3,(H2,18,19,20,22,24)/t7-,11-,12-,16-/m1/s1. The van der Waals surface area contributed by atoms with Gasteiger partial charge in [-0.15, -0.1) is 0 Å². The number of H-pyrrole nitrogens is 1. The molecule has 1 fully saturated rings. The fourth-order valence-electron chi connectivity index (χ4n) is 3.36. The lowest BCUT2D eigenvalue weighted by molar-refractivity contribution is -0.150. The fourth-order valence-corrected chi connectivity index (χ4v) is 4.27. The third-order valence-corrected chi connectivity index (χ3v) is 5.53. The number of fused-ring (bicyclic) bond motifs is 1. The van der Waals surface area contributed by atoms with Crippen LogP contribution in [0.5, 0.6) is 0 Å². The Balaban J connectivity index is 2.03. The summed E-state index contributed by atoms with van der Waals surface area (Å²) in [6.45, 7) is 10.6. The first kappa shape index (κ1) is 19.4. The Kier molecular flexibility index (Phi) is 5.29. The molecule has 1 aromatic rings. The maximum atomic E-state index is 12.4. The lowest BCUT2D eigenvalue weighted by atomic mass is 9.98. The van der Waals surface area contributed by atoms with E-state index in [9.17, 15) is 14.4 Å². The molecule has 3 rings (SSSR count). The monoisotopic (exact) mass is 394 g/mol. The Labute approximate surface area is 160 Å². The number of ether oxygens (including phenoxy) is 2. The average molecular weight is 394 g/mol. The second-order valence-electron chi connectivity index (χ2n) is 6.52. The number of amides is 1. The molecule has 0 aromatic carbocycles. The summed E-state index contributed by atoms with van der Waals surface area (Å²) in [6.07, 6.45) is -0.566. The fraction of sp³-hybridized carbons (Fsp3) is 0.529. The molecule has 0 unspecified atom stereocenters. The molecule has 1 aromatic heterocycles. The highest BCUT2D eigenvalue weighted by Crippen LogP contribution is 2.47. The number of hydrogen-bond donors (Lipinski definition) is 2. The smallest absolute Gasteiger partial charge is 0.303 e. The van der Waals surface area contributed by atoms with Gasteiger partial charge in [0.2, 0.25) is 11.9 Å². The van der Waals surface area contributed by atoms with Crippen LogP contribution in [0.1, 0.15) is 34.1 Å². The highest BCUT2D eigenvalue weighted by molar-refractivity contribution is 8.03. The zero-order chi connectivity index (χ0) is 19.9. The van der Waals surface area contributed by atoms with Gasteiger partial charge in [-0.2, -0.15) is 4.98 Å². The molecular weight excluding hydrogens is 372 g/mol. The van der Waals surface area contributed by atoms with Gasteiger partial charge in [-0.1, -0.05) is 32.2 Å². The van der Waals surface area contributed by atoms with Crippen LogP contribution in [0.25, 0.3) is 0 Å². The van der Waals surface area contributed by atoms with Gasteiger partial charge in [-0.05, 0) is 6.42 Å². The quantitative estimate of drug-likeness (QED) is 0.744. The molecule has 0 bridgehead atoms. The number of aromatic amines is 1.